The van der Waals surface area contributed by atoms with Crippen LogP contribution in [-0.2, 0) is 28.7 Å². The van der Waals surface area contributed by atoms with E-state index in [0.29, 0.717) is 13.2 Å². The van der Waals surface area contributed by atoms with E-state index in [2.05, 4.69) is 9.47 Å². The topological polar surface area (TPSA) is 86.7 Å². The van der Waals surface area contributed by atoms with Crippen molar-refractivity contribution in [3.8, 4) is 0 Å². The van der Waals surface area contributed by atoms with Gasteiger partial charge in [-0.3, -0.25) is 19.2 Å². The van der Waals surface area contributed by atoms with Crippen LogP contribution in [0.25, 0.3) is 0 Å². The quantitative estimate of drug-likeness (QED) is 0.352. The normalized spacial score (nSPS) is 4.70. The van der Waals surface area contributed by atoms with Gasteiger partial charge < -0.3 is 9.47 Å². The van der Waals surface area contributed by atoms with E-state index in [4.69, 9.17) is 19.2 Å². The number of aldehydes is 4. The smallest absolute Gasteiger partial charge is 0.182 e. The summed E-state index contributed by atoms with van der Waals surface area (Å²) < 4.78 is 9.31. The lowest BCUT2D eigenvalue weighted by molar-refractivity contribution is -0.122. The molecule has 0 unspecified atom stereocenters. The molecule has 0 aliphatic carbocycles. The van der Waals surface area contributed by atoms with Crippen molar-refractivity contribution in [2.24, 2.45) is 0 Å². The number of hydrogen-bond acceptors (Lipinski definition) is 6. The van der Waals surface area contributed by atoms with Gasteiger partial charge in [0.25, 0.3) is 0 Å². The minimum absolute atomic E-state index is 0. The van der Waals surface area contributed by atoms with Crippen LogP contribution in [0.5, 0.6) is 0 Å². The summed E-state index contributed by atoms with van der Waals surface area (Å²) in [4.78, 5) is 35.2. The summed E-state index contributed by atoms with van der Waals surface area (Å²) in [5, 5.41) is 0. The van der Waals surface area contributed by atoms with Crippen molar-refractivity contribution in [3.05, 3.63) is 0 Å². The minimum Gasteiger partial charge on any atom is -0.382 e. The van der Waals surface area contributed by atoms with Gasteiger partial charge in [0, 0.05) is 14.2 Å². The fourth-order valence-electron chi connectivity index (χ4n) is 0.167. The van der Waals surface area contributed by atoms with Crippen LogP contribution < -0.4 is 0 Å². The summed E-state index contributed by atoms with van der Waals surface area (Å²) in [5.74, 6) is 0. The van der Waals surface area contributed by atoms with E-state index in [0.717, 1.165) is 0 Å². The summed E-state index contributed by atoms with van der Waals surface area (Å²) in [7, 11) is 3.30. The molecule has 0 rings (SSSR count). The number of carbonyl (C=O) groups is 4. The van der Waals surface area contributed by atoms with Crippen LogP contribution in [0.4, 0.5) is 0 Å². The maximum Gasteiger partial charge on any atom is 0.182 e. The minimum atomic E-state index is 0. The van der Waals surface area contributed by atoms with E-state index in [9.17, 15) is 0 Å². The van der Waals surface area contributed by atoms with Gasteiger partial charge in [-0.1, -0.05) is 0 Å². The monoisotopic (exact) mass is 410 g/mol. The fourth-order valence-corrected chi connectivity index (χ4v) is 0.167. The zero-order valence-electron chi connectivity index (χ0n) is 11.2. The molecular formula is C8H26O6S6. The molecule has 6 nitrogen and oxygen atoms in total. The summed E-state index contributed by atoms with van der Waals surface area (Å²) >= 11 is 0. The molecule has 0 bridgehead atoms. The summed E-state index contributed by atoms with van der Waals surface area (Å²) in [5.41, 5.74) is 0. The molecule has 0 atom stereocenters. The lowest BCUT2D eigenvalue weighted by Gasteiger charge is -1.91. The highest BCUT2D eigenvalue weighted by molar-refractivity contribution is 7.60. The second-order valence-electron chi connectivity index (χ2n) is 1.53. The standard InChI is InChI=1S/C4H10O2.2C2H2O2.6H2S/c1-5-3-4-6-2;2*3-1-2-4;;;;;;/h3-4H2,1-2H3;2*1-2H;6*1H2. The van der Waals surface area contributed by atoms with Crippen LogP contribution in [-0.4, -0.2) is 52.6 Å². The zero-order valence-corrected chi connectivity index (χ0v) is 17.2. The second-order valence-corrected chi connectivity index (χ2v) is 1.53. The van der Waals surface area contributed by atoms with Crippen molar-refractivity contribution >= 4 is 106 Å². The molecule has 0 aliphatic heterocycles. The van der Waals surface area contributed by atoms with Crippen molar-refractivity contribution in [1.82, 2.24) is 0 Å². The Morgan fingerprint density at radius 1 is 0.550 bits per heavy atom. The van der Waals surface area contributed by atoms with E-state index >= 15 is 0 Å². The molecular weight excluding hydrogens is 384 g/mol. The maximum absolute atomic E-state index is 8.81. The molecule has 0 aromatic heterocycles. The molecule has 0 amide bonds. The van der Waals surface area contributed by atoms with Gasteiger partial charge in [0.1, 0.15) is 0 Å². The predicted molar refractivity (Wildman–Crippen MR) is 110 cm³/mol. The molecule has 0 aromatic rings. The van der Waals surface area contributed by atoms with Crippen molar-refractivity contribution < 1.29 is 28.7 Å². The van der Waals surface area contributed by atoms with E-state index in [1.807, 2.05) is 0 Å². The third-order valence-corrected chi connectivity index (χ3v) is 0.603. The van der Waals surface area contributed by atoms with Gasteiger partial charge in [-0.05, 0) is 0 Å². The van der Waals surface area contributed by atoms with Gasteiger partial charge in [0.2, 0.25) is 0 Å². The van der Waals surface area contributed by atoms with Crippen LogP contribution in [0.15, 0.2) is 0 Å². The highest BCUT2D eigenvalue weighted by atomic mass is 32.1. The van der Waals surface area contributed by atoms with Crippen LogP contribution in [0.2, 0.25) is 0 Å². The Labute approximate surface area is 161 Å². The lowest BCUT2D eigenvalue weighted by Crippen LogP contribution is -1.96. The third kappa shape index (κ3) is 180. The van der Waals surface area contributed by atoms with Gasteiger partial charge >= 0.3 is 0 Å². The Morgan fingerprint density at radius 2 is 0.700 bits per heavy atom. The summed E-state index contributed by atoms with van der Waals surface area (Å²) in [6, 6.07) is 0. The maximum atomic E-state index is 8.81. The van der Waals surface area contributed by atoms with Crippen LogP contribution in [0.1, 0.15) is 0 Å². The van der Waals surface area contributed by atoms with E-state index < -0.39 is 0 Å². The van der Waals surface area contributed by atoms with Gasteiger partial charge in [-0.2, -0.15) is 81.0 Å². The van der Waals surface area contributed by atoms with E-state index in [1.54, 1.807) is 14.2 Å². The number of carbonyl (C=O) groups excluding carboxylic acids is 4. The number of hydrogen-bond donors (Lipinski definition) is 0. The molecule has 0 saturated carbocycles. The Balaban J connectivity index is -0.0000000115. The molecule has 0 N–H and O–H groups in total. The largest absolute Gasteiger partial charge is 0.382 e. The predicted octanol–water partition coefficient (Wildman–Crippen LogP) is -0.276. The van der Waals surface area contributed by atoms with Crippen LogP contribution in [0.3, 0.4) is 0 Å². The van der Waals surface area contributed by atoms with E-state index in [-0.39, 0.29) is 106 Å². The van der Waals surface area contributed by atoms with Gasteiger partial charge in [-0.25, -0.2) is 0 Å². The molecule has 0 radical (unpaired) electrons. The molecule has 0 heterocycles. The Kier molecular flexibility index (Phi) is 267. The first-order valence-corrected chi connectivity index (χ1v) is 3.50. The van der Waals surface area contributed by atoms with Crippen molar-refractivity contribution in [2.45, 2.75) is 0 Å². The first-order chi connectivity index (χ1) is 6.74. The average molecular weight is 411 g/mol. The Bertz CT molecular complexity index is 123. The molecule has 12 heteroatoms. The molecule has 0 aliphatic rings. The first-order valence-electron chi connectivity index (χ1n) is 3.50. The Hall–Kier alpha value is 0.700. The lowest BCUT2D eigenvalue weighted by atomic mass is 10.8. The third-order valence-electron chi connectivity index (χ3n) is 0.603. The Morgan fingerprint density at radius 3 is 0.750 bits per heavy atom. The molecule has 0 fully saturated rings. The summed E-state index contributed by atoms with van der Waals surface area (Å²) in [6.07, 6.45) is 0.778. The molecule has 0 saturated heterocycles. The molecule has 0 aromatic carbocycles. The molecule has 0 spiro atoms. The van der Waals surface area contributed by atoms with Gasteiger partial charge in [0.15, 0.2) is 25.1 Å². The van der Waals surface area contributed by atoms with Crippen molar-refractivity contribution in [2.75, 3.05) is 27.4 Å². The number of methoxy groups -OCH3 is 2. The van der Waals surface area contributed by atoms with Crippen LogP contribution >= 0.6 is 81.0 Å². The van der Waals surface area contributed by atoms with Gasteiger partial charge in [-0.15, -0.1) is 0 Å². The fraction of sp³-hybridized carbons (Fsp3) is 0.500. The average Bonchev–Trinajstić information content (AvgIpc) is 2.27. The molecule has 130 valence electrons. The first kappa shape index (κ1) is 58.7. The highest BCUT2D eigenvalue weighted by Crippen LogP contribution is 1.65. The van der Waals surface area contributed by atoms with Crippen molar-refractivity contribution in [3.63, 3.8) is 0 Å². The van der Waals surface area contributed by atoms with Gasteiger partial charge in [0.05, 0.1) is 13.2 Å². The van der Waals surface area contributed by atoms with Crippen molar-refractivity contribution in [1.29, 1.82) is 0 Å². The SMILES string of the molecule is COCCOC.O=CC=O.O=CC=O.S.S.S.S.S.S. The molecule has 20 heavy (non-hydrogen) atoms. The highest BCUT2D eigenvalue weighted by Gasteiger charge is 1.73. The summed E-state index contributed by atoms with van der Waals surface area (Å²) in [6.45, 7) is 1.38. The number of ether oxygens (including phenoxy) is 2. The van der Waals surface area contributed by atoms with Crippen LogP contribution in [0, 0.1) is 0 Å². The van der Waals surface area contributed by atoms with E-state index in [1.165, 1.54) is 0 Å². The number of rotatable bonds is 5. The second kappa shape index (κ2) is 91.0. The zero-order chi connectivity index (χ0) is 11.7.